The number of hydrogen-bond donors (Lipinski definition) is 1. The van der Waals surface area contributed by atoms with Crippen LogP contribution in [0.2, 0.25) is 0 Å². The fourth-order valence-corrected chi connectivity index (χ4v) is 3.67. The van der Waals surface area contributed by atoms with Gasteiger partial charge in [0.2, 0.25) is 0 Å². The third-order valence-corrected chi connectivity index (χ3v) is 5.23. The Morgan fingerprint density at radius 3 is 2.27 bits per heavy atom. The molecule has 1 N–H and O–H groups in total. The van der Waals surface area contributed by atoms with E-state index in [9.17, 15) is 4.79 Å². The molecule has 1 heterocycles. The van der Waals surface area contributed by atoms with Crippen LogP contribution in [0.25, 0.3) is 0 Å². The highest BCUT2D eigenvalue weighted by atomic mass is 16.5. The van der Waals surface area contributed by atoms with Crippen LogP contribution in [0.15, 0.2) is 84.9 Å². The van der Waals surface area contributed by atoms with Crippen molar-refractivity contribution in [2.24, 2.45) is 0 Å². The smallest absolute Gasteiger partial charge is 0.255 e. The second-order valence-corrected chi connectivity index (χ2v) is 7.20. The molecule has 1 saturated heterocycles. The number of nitrogens with one attached hydrogen (secondary N) is 1. The van der Waals surface area contributed by atoms with Crippen LogP contribution >= 0.6 is 0 Å². The largest absolute Gasteiger partial charge is 0.457 e. The number of ether oxygens (including phenoxy) is 2. The molecule has 1 atom stereocenters. The lowest BCUT2D eigenvalue weighted by atomic mass is 10.0. The minimum atomic E-state index is -0.143. The Morgan fingerprint density at radius 1 is 0.900 bits per heavy atom. The van der Waals surface area contributed by atoms with Crippen LogP contribution in [-0.4, -0.2) is 43.7 Å². The molecule has 5 heteroatoms. The summed E-state index contributed by atoms with van der Waals surface area (Å²) in [6, 6.07) is 27.2. The molecular weight excluding hydrogens is 376 g/mol. The summed E-state index contributed by atoms with van der Waals surface area (Å²) in [5.74, 6) is 1.10. The summed E-state index contributed by atoms with van der Waals surface area (Å²) in [5, 5.41) is 3.12. The molecule has 30 heavy (non-hydrogen) atoms. The lowest BCUT2D eigenvalue weighted by Gasteiger charge is -2.35. The van der Waals surface area contributed by atoms with Crippen LogP contribution in [-0.2, 0) is 4.74 Å². The van der Waals surface area contributed by atoms with Crippen molar-refractivity contribution >= 4 is 5.91 Å². The van der Waals surface area contributed by atoms with Gasteiger partial charge in [0.1, 0.15) is 11.5 Å². The van der Waals surface area contributed by atoms with E-state index in [0.717, 1.165) is 13.1 Å². The number of carbonyl (C=O) groups is 1. The Balaban J connectivity index is 1.48. The minimum absolute atomic E-state index is 0.0984. The van der Waals surface area contributed by atoms with Gasteiger partial charge in [0.15, 0.2) is 0 Å². The number of benzene rings is 3. The summed E-state index contributed by atoms with van der Waals surface area (Å²) < 4.78 is 11.5. The van der Waals surface area contributed by atoms with E-state index in [2.05, 4.69) is 22.3 Å². The monoisotopic (exact) mass is 402 g/mol. The number of amides is 1. The molecule has 1 unspecified atom stereocenters. The molecule has 5 nitrogen and oxygen atoms in total. The zero-order valence-electron chi connectivity index (χ0n) is 16.9. The average Bonchev–Trinajstić information content (AvgIpc) is 2.81. The van der Waals surface area contributed by atoms with Crippen molar-refractivity contribution < 1.29 is 14.3 Å². The first-order chi connectivity index (χ1) is 14.8. The Labute approximate surface area is 177 Å². The zero-order valence-corrected chi connectivity index (χ0v) is 16.9. The van der Waals surface area contributed by atoms with E-state index in [1.807, 2.05) is 66.7 Å². The highest BCUT2D eigenvalue weighted by Crippen LogP contribution is 2.26. The Morgan fingerprint density at radius 2 is 1.53 bits per heavy atom. The molecule has 0 aromatic heterocycles. The first-order valence-corrected chi connectivity index (χ1v) is 10.3. The van der Waals surface area contributed by atoms with E-state index >= 15 is 0 Å². The Kier molecular flexibility index (Phi) is 6.75. The number of carbonyl (C=O) groups excluding carboxylic acids is 1. The van der Waals surface area contributed by atoms with Crippen LogP contribution in [0.4, 0.5) is 0 Å². The van der Waals surface area contributed by atoms with Gasteiger partial charge < -0.3 is 14.8 Å². The lowest BCUT2D eigenvalue weighted by molar-refractivity contribution is 0.0162. The molecule has 0 saturated carbocycles. The highest BCUT2D eigenvalue weighted by molar-refractivity contribution is 5.97. The van der Waals surface area contributed by atoms with Gasteiger partial charge in [-0.15, -0.1) is 0 Å². The fourth-order valence-electron chi connectivity index (χ4n) is 3.67. The standard InChI is InChI=1S/C25H26N2O3/c28-25(22-13-7-8-14-24(22)30-21-11-5-2-6-12-21)26-19-23(20-9-3-1-4-10-20)27-15-17-29-18-16-27/h1-14,23H,15-19H2,(H,26,28). The predicted octanol–water partition coefficient (Wildman–Crippen LogP) is 4.28. The molecule has 1 amide bonds. The van der Waals surface area contributed by atoms with E-state index in [4.69, 9.17) is 9.47 Å². The molecule has 0 spiro atoms. The molecule has 3 aromatic rings. The van der Waals surface area contributed by atoms with Gasteiger partial charge in [-0.05, 0) is 29.8 Å². The molecule has 1 aliphatic rings. The molecule has 4 rings (SSSR count). The van der Waals surface area contributed by atoms with Crippen molar-refractivity contribution in [1.29, 1.82) is 0 Å². The number of morpholine rings is 1. The van der Waals surface area contributed by atoms with Gasteiger partial charge in [-0.1, -0.05) is 60.7 Å². The summed E-state index contributed by atoms with van der Waals surface area (Å²) in [6.07, 6.45) is 0. The molecular formula is C25H26N2O3. The number of rotatable bonds is 7. The van der Waals surface area contributed by atoms with Crippen molar-refractivity contribution in [2.75, 3.05) is 32.8 Å². The topological polar surface area (TPSA) is 50.8 Å². The maximum absolute atomic E-state index is 13.0. The van der Waals surface area contributed by atoms with Crippen molar-refractivity contribution in [3.63, 3.8) is 0 Å². The lowest BCUT2D eigenvalue weighted by Crippen LogP contribution is -2.43. The number of hydrogen-bond acceptors (Lipinski definition) is 4. The van der Waals surface area contributed by atoms with Crippen LogP contribution in [0.1, 0.15) is 22.0 Å². The third kappa shape index (κ3) is 5.06. The van der Waals surface area contributed by atoms with Crippen LogP contribution in [0.3, 0.4) is 0 Å². The van der Waals surface area contributed by atoms with Gasteiger partial charge in [-0.2, -0.15) is 0 Å². The maximum Gasteiger partial charge on any atom is 0.255 e. The second-order valence-electron chi connectivity index (χ2n) is 7.20. The molecule has 0 radical (unpaired) electrons. The fraction of sp³-hybridized carbons (Fsp3) is 0.240. The van der Waals surface area contributed by atoms with E-state index in [1.54, 1.807) is 6.07 Å². The van der Waals surface area contributed by atoms with Gasteiger partial charge in [-0.3, -0.25) is 9.69 Å². The normalized spacial score (nSPS) is 15.3. The Bertz CT molecular complexity index is 941. The van der Waals surface area contributed by atoms with Crippen LogP contribution < -0.4 is 10.1 Å². The quantitative estimate of drug-likeness (QED) is 0.641. The summed E-state index contributed by atoms with van der Waals surface area (Å²) in [4.78, 5) is 15.4. The van der Waals surface area contributed by atoms with Crippen LogP contribution in [0, 0.1) is 0 Å². The van der Waals surface area contributed by atoms with Crippen molar-refractivity contribution in [3.05, 3.63) is 96.1 Å². The summed E-state index contributed by atoms with van der Waals surface area (Å²) in [6.45, 7) is 3.64. The van der Waals surface area contributed by atoms with Gasteiger partial charge >= 0.3 is 0 Å². The maximum atomic E-state index is 13.0. The first kappa shape index (κ1) is 20.1. The molecule has 0 bridgehead atoms. The molecule has 1 aliphatic heterocycles. The SMILES string of the molecule is O=C(NCC(c1ccccc1)N1CCOCC1)c1ccccc1Oc1ccccc1. The van der Waals surface area contributed by atoms with E-state index in [0.29, 0.717) is 36.8 Å². The molecule has 154 valence electrons. The summed E-state index contributed by atoms with van der Waals surface area (Å²) in [5.41, 5.74) is 1.71. The molecule has 1 fully saturated rings. The Hall–Kier alpha value is -3.15. The van der Waals surface area contributed by atoms with Gasteiger partial charge in [-0.25, -0.2) is 0 Å². The number of para-hydroxylation sites is 2. The summed E-state index contributed by atoms with van der Waals surface area (Å²) >= 11 is 0. The first-order valence-electron chi connectivity index (χ1n) is 10.3. The van der Waals surface area contributed by atoms with Crippen molar-refractivity contribution in [1.82, 2.24) is 10.2 Å². The van der Waals surface area contributed by atoms with Crippen LogP contribution in [0.5, 0.6) is 11.5 Å². The average molecular weight is 402 g/mol. The van der Waals surface area contributed by atoms with E-state index in [1.165, 1.54) is 5.56 Å². The highest BCUT2D eigenvalue weighted by Gasteiger charge is 2.24. The molecule has 3 aromatic carbocycles. The number of nitrogens with zero attached hydrogens (tertiary/aromatic N) is 1. The van der Waals surface area contributed by atoms with E-state index in [-0.39, 0.29) is 11.9 Å². The summed E-state index contributed by atoms with van der Waals surface area (Å²) in [7, 11) is 0. The predicted molar refractivity (Wildman–Crippen MR) is 117 cm³/mol. The van der Waals surface area contributed by atoms with Gasteiger partial charge in [0.05, 0.1) is 24.8 Å². The minimum Gasteiger partial charge on any atom is -0.457 e. The van der Waals surface area contributed by atoms with E-state index < -0.39 is 0 Å². The second kappa shape index (κ2) is 10.1. The van der Waals surface area contributed by atoms with Gasteiger partial charge in [0.25, 0.3) is 5.91 Å². The third-order valence-electron chi connectivity index (χ3n) is 5.23. The van der Waals surface area contributed by atoms with Crippen molar-refractivity contribution in [3.8, 4) is 11.5 Å². The molecule has 0 aliphatic carbocycles. The van der Waals surface area contributed by atoms with Gasteiger partial charge in [0, 0.05) is 19.6 Å². The zero-order chi connectivity index (χ0) is 20.6. The van der Waals surface area contributed by atoms with Crippen molar-refractivity contribution in [2.45, 2.75) is 6.04 Å².